The van der Waals surface area contributed by atoms with Crippen LogP contribution in [0.25, 0.3) is 11.3 Å². The SMILES string of the molecule is C[C@@H]1CN(C(C)(C)CNCc2cn[nH]c2-c2cccnc2)C[C@@H](C)O1. The molecule has 2 N–H and O–H groups in total. The summed E-state index contributed by atoms with van der Waals surface area (Å²) in [7, 11) is 0. The van der Waals surface area contributed by atoms with Gasteiger partial charge < -0.3 is 10.1 Å². The van der Waals surface area contributed by atoms with Gasteiger partial charge in [0.15, 0.2) is 0 Å². The number of morpholine rings is 1. The molecule has 2 atom stereocenters. The van der Waals surface area contributed by atoms with E-state index in [0.717, 1.165) is 43.0 Å². The summed E-state index contributed by atoms with van der Waals surface area (Å²) in [6.45, 7) is 12.5. The number of hydrogen-bond acceptors (Lipinski definition) is 5. The van der Waals surface area contributed by atoms with Gasteiger partial charge in [-0.2, -0.15) is 5.10 Å². The third-order valence-electron chi connectivity index (χ3n) is 4.82. The fourth-order valence-electron chi connectivity index (χ4n) is 3.49. The molecule has 0 saturated carbocycles. The van der Waals surface area contributed by atoms with Gasteiger partial charge in [0, 0.05) is 55.2 Å². The van der Waals surface area contributed by atoms with Gasteiger partial charge in [0.1, 0.15) is 0 Å². The molecule has 136 valence electrons. The molecule has 6 nitrogen and oxygen atoms in total. The molecule has 1 fully saturated rings. The van der Waals surface area contributed by atoms with Gasteiger partial charge in [-0.25, -0.2) is 0 Å². The third-order valence-corrected chi connectivity index (χ3v) is 4.82. The zero-order chi connectivity index (χ0) is 17.9. The molecule has 3 rings (SSSR count). The standard InChI is InChI=1S/C19H29N5O/c1-14-11-24(12-15(2)25-14)19(3,4)13-21-9-17-10-22-23-18(17)16-6-5-7-20-8-16/h5-8,10,14-15,21H,9,11-13H2,1-4H3,(H,22,23)/t14-,15-/m1/s1. The highest BCUT2D eigenvalue weighted by Crippen LogP contribution is 2.22. The number of ether oxygens (including phenoxy) is 1. The van der Waals surface area contributed by atoms with Gasteiger partial charge in [-0.3, -0.25) is 15.0 Å². The molecule has 1 aliphatic rings. The van der Waals surface area contributed by atoms with Crippen LogP contribution in [-0.2, 0) is 11.3 Å². The summed E-state index contributed by atoms with van der Waals surface area (Å²) in [5.41, 5.74) is 3.33. The van der Waals surface area contributed by atoms with Gasteiger partial charge in [-0.15, -0.1) is 0 Å². The number of H-pyrrole nitrogens is 1. The molecular weight excluding hydrogens is 314 g/mol. The molecule has 3 heterocycles. The van der Waals surface area contributed by atoms with Crippen molar-refractivity contribution in [3.63, 3.8) is 0 Å². The first kappa shape index (κ1) is 18.0. The zero-order valence-corrected chi connectivity index (χ0v) is 15.6. The number of nitrogens with zero attached hydrogens (tertiary/aromatic N) is 3. The molecule has 0 bridgehead atoms. The summed E-state index contributed by atoms with van der Waals surface area (Å²) in [4.78, 5) is 6.71. The van der Waals surface area contributed by atoms with Crippen LogP contribution in [0.15, 0.2) is 30.7 Å². The predicted octanol–water partition coefficient (Wildman–Crippen LogP) is 2.45. The smallest absolute Gasteiger partial charge is 0.0710 e. The quantitative estimate of drug-likeness (QED) is 0.843. The highest BCUT2D eigenvalue weighted by atomic mass is 16.5. The number of rotatable bonds is 6. The zero-order valence-electron chi connectivity index (χ0n) is 15.6. The van der Waals surface area contributed by atoms with Crippen molar-refractivity contribution in [1.29, 1.82) is 0 Å². The van der Waals surface area contributed by atoms with Crippen LogP contribution >= 0.6 is 0 Å². The Morgan fingerprint density at radius 3 is 2.72 bits per heavy atom. The summed E-state index contributed by atoms with van der Waals surface area (Å²) < 4.78 is 5.86. The summed E-state index contributed by atoms with van der Waals surface area (Å²) in [6, 6.07) is 3.99. The molecule has 0 amide bonds. The summed E-state index contributed by atoms with van der Waals surface area (Å²) in [5.74, 6) is 0. The van der Waals surface area contributed by atoms with Crippen molar-refractivity contribution in [2.45, 2.75) is 52.0 Å². The molecule has 2 aromatic heterocycles. The Balaban J connectivity index is 1.59. The maximum Gasteiger partial charge on any atom is 0.0710 e. The maximum absolute atomic E-state index is 5.86. The molecule has 0 radical (unpaired) electrons. The van der Waals surface area contributed by atoms with E-state index in [1.807, 2.05) is 24.5 Å². The molecule has 0 aliphatic carbocycles. The second-order valence-electron chi connectivity index (χ2n) is 7.59. The van der Waals surface area contributed by atoms with E-state index in [0.29, 0.717) is 0 Å². The Hall–Kier alpha value is -1.76. The van der Waals surface area contributed by atoms with Crippen LogP contribution < -0.4 is 5.32 Å². The Morgan fingerprint density at radius 1 is 1.28 bits per heavy atom. The van der Waals surface area contributed by atoms with Crippen molar-refractivity contribution in [3.8, 4) is 11.3 Å². The number of hydrogen-bond donors (Lipinski definition) is 2. The molecule has 25 heavy (non-hydrogen) atoms. The van der Waals surface area contributed by atoms with E-state index in [-0.39, 0.29) is 17.7 Å². The summed E-state index contributed by atoms with van der Waals surface area (Å²) in [5, 5.41) is 10.9. The summed E-state index contributed by atoms with van der Waals surface area (Å²) in [6.07, 6.45) is 6.10. The molecule has 0 aromatic carbocycles. The van der Waals surface area contributed by atoms with Crippen LogP contribution in [-0.4, -0.2) is 57.5 Å². The number of aromatic nitrogens is 3. The van der Waals surface area contributed by atoms with Gasteiger partial charge in [-0.05, 0) is 39.8 Å². The van der Waals surface area contributed by atoms with Crippen molar-refractivity contribution >= 4 is 0 Å². The largest absolute Gasteiger partial charge is 0.373 e. The van der Waals surface area contributed by atoms with Crippen molar-refractivity contribution in [2.24, 2.45) is 0 Å². The Kier molecular flexibility index (Phi) is 5.51. The molecule has 1 aliphatic heterocycles. The number of aromatic amines is 1. The number of nitrogens with one attached hydrogen (secondary N) is 2. The molecule has 1 saturated heterocycles. The highest BCUT2D eigenvalue weighted by Gasteiger charge is 2.32. The minimum Gasteiger partial charge on any atom is -0.373 e. The van der Waals surface area contributed by atoms with Crippen molar-refractivity contribution < 1.29 is 4.74 Å². The van der Waals surface area contributed by atoms with Gasteiger partial charge in [0.05, 0.1) is 24.1 Å². The van der Waals surface area contributed by atoms with Gasteiger partial charge in [0.2, 0.25) is 0 Å². The Morgan fingerprint density at radius 2 is 2.04 bits per heavy atom. The minimum atomic E-state index is 0.0739. The lowest BCUT2D eigenvalue weighted by Gasteiger charge is -2.45. The first-order valence-corrected chi connectivity index (χ1v) is 8.99. The maximum atomic E-state index is 5.86. The average molecular weight is 343 g/mol. The minimum absolute atomic E-state index is 0.0739. The van der Waals surface area contributed by atoms with Crippen LogP contribution in [0.5, 0.6) is 0 Å². The second-order valence-corrected chi connectivity index (χ2v) is 7.59. The van der Waals surface area contributed by atoms with Crippen LogP contribution in [0, 0.1) is 0 Å². The molecule has 6 heteroatoms. The van der Waals surface area contributed by atoms with Crippen molar-refractivity contribution in [2.75, 3.05) is 19.6 Å². The number of pyridine rings is 1. The van der Waals surface area contributed by atoms with E-state index in [1.165, 1.54) is 0 Å². The molecule has 0 spiro atoms. The van der Waals surface area contributed by atoms with Crippen molar-refractivity contribution in [1.82, 2.24) is 25.4 Å². The Bertz CT molecular complexity index is 659. The predicted molar refractivity (Wildman–Crippen MR) is 99.2 cm³/mol. The van der Waals surface area contributed by atoms with Gasteiger partial charge in [0.25, 0.3) is 0 Å². The third kappa shape index (κ3) is 4.45. The van der Waals surface area contributed by atoms with Crippen LogP contribution in [0.3, 0.4) is 0 Å². The normalized spacial score (nSPS) is 22.2. The van der Waals surface area contributed by atoms with E-state index in [2.05, 4.69) is 53.1 Å². The topological polar surface area (TPSA) is 66.1 Å². The summed E-state index contributed by atoms with van der Waals surface area (Å²) >= 11 is 0. The fraction of sp³-hybridized carbons (Fsp3) is 0.579. The van der Waals surface area contributed by atoms with Crippen LogP contribution in [0.2, 0.25) is 0 Å². The lowest BCUT2D eigenvalue weighted by molar-refractivity contribution is -0.0952. The first-order valence-electron chi connectivity index (χ1n) is 8.99. The van der Waals surface area contributed by atoms with E-state index >= 15 is 0 Å². The molecular formula is C19H29N5O. The van der Waals surface area contributed by atoms with E-state index < -0.39 is 0 Å². The van der Waals surface area contributed by atoms with Gasteiger partial charge in [-0.1, -0.05) is 0 Å². The van der Waals surface area contributed by atoms with E-state index in [1.54, 1.807) is 6.20 Å². The molecule has 2 aromatic rings. The van der Waals surface area contributed by atoms with E-state index in [9.17, 15) is 0 Å². The lowest BCUT2D eigenvalue weighted by atomic mass is 10.00. The highest BCUT2D eigenvalue weighted by molar-refractivity contribution is 5.61. The Labute approximate surface area is 150 Å². The van der Waals surface area contributed by atoms with E-state index in [4.69, 9.17) is 4.74 Å². The monoisotopic (exact) mass is 343 g/mol. The molecule has 0 unspecified atom stereocenters. The van der Waals surface area contributed by atoms with Crippen molar-refractivity contribution in [3.05, 3.63) is 36.3 Å². The fourth-order valence-corrected chi connectivity index (χ4v) is 3.49. The first-order chi connectivity index (χ1) is 12.0. The van der Waals surface area contributed by atoms with Crippen LogP contribution in [0.1, 0.15) is 33.3 Å². The second kappa shape index (κ2) is 7.64. The lowest BCUT2D eigenvalue weighted by Crippen LogP contribution is -2.58. The van der Waals surface area contributed by atoms with Crippen LogP contribution in [0.4, 0.5) is 0 Å². The average Bonchev–Trinajstić information content (AvgIpc) is 3.03. The van der Waals surface area contributed by atoms with Gasteiger partial charge >= 0.3 is 0 Å².